The van der Waals surface area contributed by atoms with Crippen LogP contribution in [-0.4, -0.2) is 9.97 Å². The van der Waals surface area contributed by atoms with Crippen molar-refractivity contribution in [2.24, 2.45) is 0 Å². The van der Waals surface area contributed by atoms with Gasteiger partial charge in [0.1, 0.15) is 15.4 Å². The molecule has 0 spiro atoms. The molecule has 2 heterocycles. The Hall–Kier alpha value is -2.07. The van der Waals surface area contributed by atoms with Crippen LogP contribution in [0, 0.1) is 10.7 Å². The molecule has 0 aliphatic rings. The molecule has 0 saturated carbocycles. The zero-order valence-electron chi connectivity index (χ0n) is 11.2. The van der Waals surface area contributed by atoms with E-state index in [2.05, 4.69) is 20.7 Å². The standard InChI is InChI=1S/C15H9ClN4S2/c16-11-6-4-10(5-7-11)13-14(21-9-17)22-15(20-13)19-12-3-1-2-8-18-12/h1-8H,(H,18,19,20). The molecular formula is C15H9ClN4S2. The van der Waals surface area contributed by atoms with E-state index in [0.717, 1.165) is 27.2 Å². The number of halogens is 1. The van der Waals surface area contributed by atoms with E-state index in [1.54, 1.807) is 6.20 Å². The smallest absolute Gasteiger partial charge is 0.190 e. The Labute approximate surface area is 140 Å². The summed E-state index contributed by atoms with van der Waals surface area (Å²) in [6.45, 7) is 0. The van der Waals surface area contributed by atoms with Crippen LogP contribution < -0.4 is 5.32 Å². The summed E-state index contributed by atoms with van der Waals surface area (Å²) in [5.41, 5.74) is 1.69. The molecule has 0 aliphatic heterocycles. The molecule has 4 nitrogen and oxygen atoms in total. The largest absolute Gasteiger partial charge is 0.316 e. The van der Waals surface area contributed by atoms with Gasteiger partial charge in [-0.05, 0) is 24.3 Å². The van der Waals surface area contributed by atoms with Crippen molar-refractivity contribution in [3.8, 4) is 16.7 Å². The average Bonchev–Trinajstić information content (AvgIpc) is 2.92. The summed E-state index contributed by atoms with van der Waals surface area (Å²) < 4.78 is 0.836. The van der Waals surface area contributed by atoms with Crippen molar-refractivity contribution in [1.29, 1.82) is 5.26 Å². The maximum atomic E-state index is 8.97. The molecule has 1 N–H and O–H groups in total. The van der Waals surface area contributed by atoms with E-state index in [1.807, 2.05) is 42.5 Å². The summed E-state index contributed by atoms with van der Waals surface area (Å²) in [6.07, 6.45) is 1.71. The van der Waals surface area contributed by atoms with Crippen LogP contribution in [0.4, 0.5) is 10.9 Å². The molecule has 7 heteroatoms. The van der Waals surface area contributed by atoms with Gasteiger partial charge in [0.15, 0.2) is 5.13 Å². The number of benzene rings is 1. The number of hydrogen-bond acceptors (Lipinski definition) is 6. The minimum Gasteiger partial charge on any atom is -0.316 e. The maximum Gasteiger partial charge on any atom is 0.190 e. The molecule has 3 rings (SSSR count). The van der Waals surface area contributed by atoms with E-state index >= 15 is 0 Å². The fourth-order valence-corrected chi connectivity index (χ4v) is 3.52. The number of pyridine rings is 1. The Balaban J connectivity index is 1.95. The number of rotatable bonds is 4. The van der Waals surface area contributed by atoms with E-state index in [9.17, 15) is 0 Å². The maximum absolute atomic E-state index is 8.97. The molecule has 0 fully saturated rings. The summed E-state index contributed by atoms with van der Waals surface area (Å²) in [4.78, 5) is 8.79. The summed E-state index contributed by atoms with van der Waals surface area (Å²) >= 11 is 8.44. The highest BCUT2D eigenvalue weighted by Crippen LogP contribution is 2.39. The molecule has 2 aromatic heterocycles. The van der Waals surface area contributed by atoms with Gasteiger partial charge < -0.3 is 5.32 Å². The first-order chi connectivity index (χ1) is 10.8. The second-order valence-electron chi connectivity index (χ2n) is 4.20. The SMILES string of the molecule is N#CSc1sc(Nc2ccccn2)nc1-c1ccc(Cl)cc1. The van der Waals surface area contributed by atoms with Crippen LogP contribution in [0.25, 0.3) is 11.3 Å². The number of thiazole rings is 1. The third-order valence-corrected chi connectivity index (χ3v) is 4.74. The Morgan fingerprint density at radius 3 is 2.68 bits per heavy atom. The van der Waals surface area contributed by atoms with Gasteiger partial charge in [-0.3, -0.25) is 0 Å². The number of thiocyanates is 1. The van der Waals surface area contributed by atoms with E-state index in [4.69, 9.17) is 16.9 Å². The van der Waals surface area contributed by atoms with Crippen molar-refractivity contribution in [2.45, 2.75) is 4.21 Å². The fourth-order valence-electron chi connectivity index (χ4n) is 1.81. The van der Waals surface area contributed by atoms with Gasteiger partial charge in [-0.25, -0.2) is 9.97 Å². The Morgan fingerprint density at radius 1 is 1.18 bits per heavy atom. The van der Waals surface area contributed by atoms with Gasteiger partial charge in [-0.2, -0.15) is 5.26 Å². The monoisotopic (exact) mass is 344 g/mol. The van der Waals surface area contributed by atoms with Gasteiger partial charge in [0.05, 0.1) is 5.69 Å². The third kappa shape index (κ3) is 3.39. The molecule has 0 atom stereocenters. The average molecular weight is 345 g/mol. The van der Waals surface area contributed by atoms with Gasteiger partial charge in [0, 0.05) is 28.5 Å². The Morgan fingerprint density at radius 2 is 2.00 bits per heavy atom. The normalized spacial score (nSPS) is 10.2. The lowest BCUT2D eigenvalue weighted by Gasteiger charge is -2.00. The van der Waals surface area contributed by atoms with Crippen molar-refractivity contribution in [2.75, 3.05) is 5.32 Å². The van der Waals surface area contributed by atoms with Gasteiger partial charge >= 0.3 is 0 Å². The Bertz CT molecular complexity index is 810. The summed E-state index contributed by atoms with van der Waals surface area (Å²) in [5.74, 6) is 0.715. The van der Waals surface area contributed by atoms with Gasteiger partial charge in [0.2, 0.25) is 0 Å². The molecule has 0 aliphatic carbocycles. The van der Waals surface area contributed by atoms with Crippen molar-refractivity contribution in [3.63, 3.8) is 0 Å². The highest BCUT2D eigenvalue weighted by atomic mass is 35.5. The second kappa shape index (κ2) is 6.79. The molecule has 0 bridgehead atoms. The summed E-state index contributed by atoms with van der Waals surface area (Å²) in [7, 11) is 0. The van der Waals surface area contributed by atoms with Crippen molar-refractivity contribution < 1.29 is 0 Å². The number of hydrogen-bond donors (Lipinski definition) is 1. The van der Waals surface area contributed by atoms with E-state index in [-0.39, 0.29) is 0 Å². The number of nitrogens with one attached hydrogen (secondary N) is 1. The molecule has 0 amide bonds. The number of thioether (sulfide) groups is 1. The van der Waals surface area contributed by atoms with Crippen molar-refractivity contribution in [1.82, 2.24) is 9.97 Å². The quantitative estimate of drug-likeness (QED) is 0.522. The highest BCUT2D eigenvalue weighted by Gasteiger charge is 2.14. The molecule has 1 aromatic carbocycles. The van der Waals surface area contributed by atoms with E-state index < -0.39 is 0 Å². The highest BCUT2D eigenvalue weighted by molar-refractivity contribution is 8.05. The molecule has 0 saturated heterocycles. The van der Waals surface area contributed by atoms with E-state index in [0.29, 0.717) is 16.0 Å². The minimum absolute atomic E-state index is 0.667. The van der Waals surface area contributed by atoms with Crippen LogP contribution in [0.2, 0.25) is 5.02 Å². The fraction of sp³-hybridized carbons (Fsp3) is 0. The number of anilines is 2. The minimum atomic E-state index is 0.667. The Kier molecular flexibility index (Phi) is 4.59. The number of aromatic nitrogens is 2. The second-order valence-corrected chi connectivity index (χ2v) is 6.68. The molecule has 108 valence electrons. The summed E-state index contributed by atoms with van der Waals surface area (Å²) in [6, 6.07) is 13.0. The van der Waals surface area contributed by atoms with Gasteiger partial charge in [0.25, 0.3) is 0 Å². The van der Waals surface area contributed by atoms with Gasteiger partial charge in [-0.15, -0.1) is 0 Å². The molecular weight excluding hydrogens is 336 g/mol. The predicted octanol–water partition coefficient (Wildman–Crippen LogP) is 5.18. The van der Waals surface area contributed by atoms with Crippen LogP contribution in [0.3, 0.4) is 0 Å². The van der Waals surface area contributed by atoms with Crippen LogP contribution >= 0.6 is 34.7 Å². The van der Waals surface area contributed by atoms with Gasteiger partial charge in [-0.1, -0.05) is 41.1 Å². The molecule has 0 radical (unpaired) electrons. The zero-order chi connectivity index (χ0) is 15.4. The number of nitrogens with zero attached hydrogens (tertiary/aromatic N) is 3. The number of nitriles is 1. The first-order valence-corrected chi connectivity index (χ1v) is 8.28. The van der Waals surface area contributed by atoms with E-state index in [1.165, 1.54) is 11.3 Å². The van der Waals surface area contributed by atoms with Crippen LogP contribution in [0.15, 0.2) is 52.9 Å². The molecule has 0 unspecified atom stereocenters. The lowest BCUT2D eigenvalue weighted by atomic mass is 10.2. The predicted molar refractivity (Wildman–Crippen MR) is 91.5 cm³/mol. The third-order valence-electron chi connectivity index (χ3n) is 2.75. The molecule has 22 heavy (non-hydrogen) atoms. The lowest BCUT2D eigenvalue weighted by Crippen LogP contribution is -1.91. The first kappa shape index (κ1) is 14.9. The van der Waals surface area contributed by atoms with Crippen LogP contribution in [-0.2, 0) is 0 Å². The zero-order valence-corrected chi connectivity index (χ0v) is 13.5. The first-order valence-electron chi connectivity index (χ1n) is 6.27. The molecule has 3 aromatic rings. The topological polar surface area (TPSA) is 61.6 Å². The van der Waals surface area contributed by atoms with Crippen molar-refractivity contribution in [3.05, 3.63) is 53.7 Å². The summed E-state index contributed by atoms with van der Waals surface area (Å²) in [5, 5.41) is 15.6. The van der Waals surface area contributed by atoms with Crippen LogP contribution in [0.1, 0.15) is 0 Å². The van der Waals surface area contributed by atoms with Crippen LogP contribution in [0.5, 0.6) is 0 Å². The van der Waals surface area contributed by atoms with Crippen molar-refractivity contribution >= 4 is 45.6 Å². The lowest BCUT2D eigenvalue weighted by molar-refractivity contribution is 1.28.